The Kier molecular flexibility index (Phi) is 6.04. The number of piperazine rings is 1. The molecule has 1 amide bonds. The standard InChI is InChI=1S/C23H31N3O/c1-17-7-5-9-21(19(17)3)24-12-11-23(27)26-15-13-25(14-16-26)22-10-6-8-18(2)20(22)4/h5-10,24H,11-16H2,1-4H3. The van der Waals surface area contributed by atoms with Crippen molar-refractivity contribution in [1.29, 1.82) is 0 Å². The quantitative estimate of drug-likeness (QED) is 0.867. The highest BCUT2D eigenvalue weighted by molar-refractivity contribution is 5.77. The van der Waals surface area contributed by atoms with Gasteiger partial charge in [0.1, 0.15) is 0 Å². The van der Waals surface area contributed by atoms with Crippen molar-refractivity contribution >= 4 is 17.3 Å². The van der Waals surface area contributed by atoms with Crippen molar-refractivity contribution in [2.24, 2.45) is 0 Å². The van der Waals surface area contributed by atoms with Gasteiger partial charge in [-0.05, 0) is 62.1 Å². The topological polar surface area (TPSA) is 35.6 Å². The van der Waals surface area contributed by atoms with Gasteiger partial charge >= 0.3 is 0 Å². The van der Waals surface area contributed by atoms with Gasteiger partial charge in [-0.25, -0.2) is 0 Å². The monoisotopic (exact) mass is 365 g/mol. The minimum atomic E-state index is 0.244. The molecule has 4 nitrogen and oxygen atoms in total. The van der Waals surface area contributed by atoms with E-state index in [9.17, 15) is 4.79 Å². The molecule has 1 heterocycles. The molecule has 0 spiro atoms. The molecule has 1 fully saturated rings. The molecule has 144 valence electrons. The Morgan fingerprint density at radius 3 is 2.22 bits per heavy atom. The van der Waals surface area contributed by atoms with Crippen molar-refractivity contribution in [3.63, 3.8) is 0 Å². The molecule has 4 heteroatoms. The number of amides is 1. The minimum absolute atomic E-state index is 0.244. The fourth-order valence-electron chi connectivity index (χ4n) is 3.68. The van der Waals surface area contributed by atoms with Crippen LogP contribution in [0.4, 0.5) is 11.4 Å². The number of hydrogen-bond acceptors (Lipinski definition) is 3. The van der Waals surface area contributed by atoms with Gasteiger partial charge < -0.3 is 15.1 Å². The summed E-state index contributed by atoms with van der Waals surface area (Å²) in [6.45, 7) is 12.7. The molecule has 0 saturated carbocycles. The van der Waals surface area contributed by atoms with E-state index in [-0.39, 0.29) is 5.91 Å². The van der Waals surface area contributed by atoms with E-state index in [1.165, 1.54) is 27.9 Å². The summed E-state index contributed by atoms with van der Waals surface area (Å²) >= 11 is 0. The van der Waals surface area contributed by atoms with Gasteiger partial charge in [0.15, 0.2) is 0 Å². The first-order chi connectivity index (χ1) is 13.0. The highest BCUT2D eigenvalue weighted by Gasteiger charge is 2.22. The molecule has 27 heavy (non-hydrogen) atoms. The zero-order valence-electron chi connectivity index (χ0n) is 17.0. The molecule has 0 bridgehead atoms. The van der Waals surface area contributed by atoms with Gasteiger partial charge in [0, 0.05) is 50.5 Å². The number of rotatable bonds is 5. The van der Waals surface area contributed by atoms with Gasteiger partial charge in [-0.1, -0.05) is 24.3 Å². The van der Waals surface area contributed by atoms with Crippen LogP contribution in [0.25, 0.3) is 0 Å². The molecule has 2 aromatic carbocycles. The Bertz CT molecular complexity index is 807. The third-order valence-electron chi connectivity index (χ3n) is 5.81. The molecular formula is C23H31N3O. The van der Waals surface area contributed by atoms with E-state index in [1.54, 1.807) is 0 Å². The summed E-state index contributed by atoms with van der Waals surface area (Å²) in [7, 11) is 0. The summed E-state index contributed by atoms with van der Waals surface area (Å²) in [5, 5.41) is 3.41. The van der Waals surface area contributed by atoms with Crippen molar-refractivity contribution in [2.45, 2.75) is 34.1 Å². The van der Waals surface area contributed by atoms with E-state index in [0.29, 0.717) is 13.0 Å². The van der Waals surface area contributed by atoms with Gasteiger partial charge in [-0.2, -0.15) is 0 Å². The summed E-state index contributed by atoms with van der Waals surface area (Å²) in [5.41, 5.74) is 7.63. The van der Waals surface area contributed by atoms with Crippen LogP contribution in [-0.2, 0) is 4.79 Å². The lowest BCUT2D eigenvalue weighted by Gasteiger charge is -2.37. The molecule has 1 aliphatic heterocycles. The van der Waals surface area contributed by atoms with E-state index in [4.69, 9.17) is 0 Å². The molecule has 1 N–H and O–H groups in total. The molecule has 2 aromatic rings. The smallest absolute Gasteiger partial charge is 0.224 e. The highest BCUT2D eigenvalue weighted by atomic mass is 16.2. The maximum atomic E-state index is 12.6. The van der Waals surface area contributed by atoms with E-state index in [1.807, 2.05) is 4.90 Å². The maximum Gasteiger partial charge on any atom is 0.224 e. The van der Waals surface area contributed by atoms with E-state index in [0.717, 1.165) is 31.9 Å². The van der Waals surface area contributed by atoms with Gasteiger partial charge in [0.25, 0.3) is 0 Å². The van der Waals surface area contributed by atoms with Gasteiger partial charge in [0.2, 0.25) is 5.91 Å². The number of hydrogen-bond donors (Lipinski definition) is 1. The SMILES string of the molecule is Cc1cccc(NCCC(=O)N2CCN(c3cccc(C)c3C)CC2)c1C. The predicted molar refractivity (Wildman–Crippen MR) is 114 cm³/mol. The predicted octanol–water partition coefficient (Wildman–Crippen LogP) is 4.07. The van der Waals surface area contributed by atoms with Gasteiger partial charge in [0.05, 0.1) is 0 Å². The minimum Gasteiger partial charge on any atom is -0.384 e. The Labute approximate surface area is 163 Å². The van der Waals surface area contributed by atoms with E-state index in [2.05, 4.69) is 74.3 Å². The zero-order chi connectivity index (χ0) is 19.4. The Morgan fingerprint density at radius 1 is 0.889 bits per heavy atom. The zero-order valence-corrected chi connectivity index (χ0v) is 17.0. The van der Waals surface area contributed by atoms with Crippen LogP contribution in [0.15, 0.2) is 36.4 Å². The summed E-state index contributed by atoms with van der Waals surface area (Å²) in [5.74, 6) is 0.244. The van der Waals surface area contributed by atoms with Crippen molar-refractivity contribution < 1.29 is 4.79 Å². The average Bonchev–Trinajstić information content (AvgIpc) is 2.67. The lowest BCUT2D eigenvalue weighted by Crippen LogP contribution is -2.49. The Hall–Kier alpha value is -2.49. The molecule has 0 atom stereocenters. The van der Waals surface area contributed by atoms with E-state index < -0.39 is 0 Å². The summed E-state index contributed by atoms with van der Waals surface area (Å²) in [6, 6.07) is 12.7. The van der Waals surface area contributed by atoms with Crippen molar-refractivity contribution in [2.75, 3.05) is 42.9 Å². The molecule has 0 unspecified atom stereocenters. The fourth-order valence-corrected chi connectivity index (χ4v) is 3.68. The lowest BCUT2D eigenvalue weighted by molar-refractivity contribution is -0.131. The lowest BCUT2D eigenvalue weighted by atomic mass is 10.1. The second kappa shape index (κ2) is 8.47. The van der Waals surface area contributed by atoms with Gasteiger partial charge in [-0.3, -0.25) is 4.79 Å². The van der Waals surface area contributed by atoms with Crippen LogP contribution in [-0.4, -0.2) is 43.5 Å². The van der Waals surface area contributed by atoms with Gasteiger partial charge in [-0.15, -0.1) is 0 Å². The third kappa shape index (κ3) is 4.44. The molecular weight excluding hydrogens is 334 g/mol. The number of aryl methyl sites for hydroxylation is 2. The van der Waals surface area contributed by atoms with Crippen molar-refractivity contribution in [1.82, 2.24) is 4.90 Å². The summed E-state index contributed by atoms with van der Waals surface area (Å²) in [6.07, 6.45) is 0.539. The Morgan fingerprint density at radius 2 is 1.52 bits per heavy atom. The molecule has 1 saturated heterocycles. The number of carbonyl (C=O) groups excluding carboxylic acids is 1. The fraction of sp³-hybridized carbons (Fsp3) is 0.435. The van der Waals surface area contributed by atoms with Crippen LogP contribution in [0.2, 0.25) is 0 Å². The van der Waals surface area contributed by atoms with Crippen molar-refractivity contribution in [3.05, 3.63) is 58.7 Å². The molecule has 0 radical (unpaired) electrons. The average molecular weight is 366 g/mol. The molecule has 1 aliphatic rings. The first-order valence-corrected chi connectivity index (χ1v) is 9.86. The van der Waals surface area contributed by atoms with Crippen molar-refractivity contribution in [3.8, 4) is 0 Å². The highest BCUT2D eigenvalue weighted by Crippen LogP contribution is 2.24. The number of carbonyl (C=O) groups is 1. The Balaban J connectivity index is 1.48. The van der Waals surface area contributed by atoms with E-state index >= 15 is 0 Å². The summed E-state index contributed by atoms with van der Waals surface area (Å²) < 4.78 is 0. The number of nitrogens with zero attached hydrogens (tertiary/aromatic N) is 2. The molecule has 0 aromatic heterocycles. The van der Waals surface area contributed by atoms with Crippen LogP contribution in [0, 0.1) is 27.7 Å². The second-order valence-electron chi connectivity index (χ2n) is 7.51. The number of anilines is 2. The number of nitrogens with one attached hydrogen (secondary N) is 1. The van der Waals surface area contributed by atoms with Crippen LogP contribution >= 0.6 is 0 Å². The molecule has 0 aliphatic carbocycles. The third-order valence-corrected chi connectivity index (χ3v) is 5.81. The first-order valence-electron chi connectivity index (χ1n) is 9.86. The maximum absolute atomic E-state index is 12.6. The van der Waals surface area contributed by atoms with Crippen LogP contribution in [0.3, 0.4) is 0 Å². The van der Waals surface area contributed by atoms with Crippen LogP contribution in [0.5, 0.6) is 0 Å². The largest absolute Gasteiger partial charge is 0.384 e. The first kappa shape index (κ1) is 19.3. The number of benzene rings is 2. The van der Waals surface area contributed by atoms with Crippen LogP contribution in [0.1, 0.15) is 28.7 Å². The normalized spacial score (nSPS) is 14.4. The molecule has 3 rings (SSSR count). The van der Waals surface area contributed by atoms with Crippen LogP contribution < -0.4 is 10.2 Å². The second-order valence-corrected chi connectivity index (χ2v) is 7.51. The summed E-state index contributed by atoms with van der Waals surface area (Å²) in [4.78, 5) is 17.0.